The van der Waals surface area contributed by atoms with Crippen molar-refractivity contribution >= 4 is 11.6 Å². The van der Waals surface area contributed by atoms with Crippen LogP contribution in [0, 0.1) is 6.92 Å². The summed E-state index contributed by atoms with van der Waals surface area (Å²) in [5.41, 5.74) is -1.03. The van der Waals surface area contributed by atoms with Gasteiger partial charge in [-0.1, -0.05) is 0 Å². The van der Waals surface area contributed by atoms with Crippen molar-refractivity contribution < 1.29 is 31.5 Å². The zero-order chi connectivity index (χ0) is 20.5. The van der Waals surface area contributed by atoms with Crippen LogP contribution in [-0.4, -0.2) is 32.9 Å². The summed E-state index contributed by atoms with van der Waals surface area (Å²) in [6, 6.07) is 6.77. The summed E-state index contributed by atoms with van der Waals surface area (Å²) < 4.78 is 67.4. The molecular weight excluding hydrogens is 389 g/mol. The van der Waals surface area contributed by atoms with Crippen LogP contribution < -0.4 is 10.1 Å². The Morgan fingerprint density at radius 1 is 1.14 bits per heavy atom. The molecule has 7 nitrogen and oxygen atoms in total. The molecule has 0 aliphatic heterocycles. The number of aromatic nitrogens is 4. The molecule has 0 saturated heterocycles. The number of H-pyrrole nitrogens is 2. The van der Waals surface area contributed by atoms with E-state index < -0.39 is 30.1 Å². The average molecular weight is 401 g/mol. The van der Waals surface area contributed by atoms with Crippen LogP contribution in [0.2, 0.25) is 0 Å². The Hall–Kier alpha value is -3.44. The number of nitrogens with zero attached hydrogens (tertiary/aromatic N) is 2. The molecule has 0 aliphatic rings. The van der Waals surface area contributed by atoms with Crippen LogP contribution in [0.25, 0.3) is 11.3 Å². The number of carbonyl (C=O) groups is 1. The second-order valence-corrected chi connectivity index (χ2v) is 5.59. The molecule has 0 radical (unpaired) electrons. The van der Waals surface area contributed by atoms with E-state index in [1.165, 1.54) is 37.3 Å². The highest BCUT2D eigenvalue weighted by molar-refractivity contribution is 6.04. The summed E-state index contributed by atoms with van der Waals surface area (Å²) in [6.07, 6.45) is -4.74. The minimum atomic E-state index is -4.74. The summed E-state index contributed by atoms with van der Waals surface area (Å²) in [6.45, 7) is -1.63. The first-order valence-corrected chi connectivity index (χ1v) is 7.69. The Morgan fingerprint density at radius 2 is 1.82 bits per heavy atom. The molecule has 0 saturated carbocycles. The Labute approximate surface area is 153 Å². The fraction of sp³-hybridized carbons (Fsp3) is 0.188. The van der Waals surface area contributed by atoms with Crippen LogP contribution in [0.3, 0.4) is 0 Å². The Morgan fingerprint density at radius 3 is 2.43 bits per heavy atom. The number of rotatable bonds is 5. The van der Waals surface area contributed by atoms with Gasteiger partial charge in [-0.15, -0.1) is 0 Å². The van der Waals surface area contributed by atoms with Crippen molar-refractivity contribution in [1.29, 1.82) is 0 Å². The highest BCUT2D eigenvalue weighted by Gasteiger charge is 2.38. The van der Waals surface area contributed by atoms with Gasteiger partial charge in [0.2, 0.25) is 0 Å². The number of hydrogen-bond acceptors (Lipinski definition) is 4. The number of nitrogens with one attached hydrogen (secondary N) is 3. The number of aryl methyl sites for hydroxylation is 1. The van der Waals surface area contributed by atoms with E-state index in [1.54, 1.807) is 0 Å². The lowest BCUT2D eigenvalue weighted by Gasteiger charge is -2.07. The second kappa shape index (κ2) is 7.29. The highest BCUT2D eigenvalue weighted by atomic mass is 19.4. The maximum atomic E-state index is 12.9. The van der Waals surface area contributed by atoms with Gasteiger partial charge in [0.15, 0.2) is 5.69 Å². The van der Waals surface area contributed by atoms with Crippen LogP contribution in [-0.2, 0) is 6.18 Å². The van der Waals surface area contributed by atoms with Crippen LogP contribution in [0.5, 0.6) is 5.75 Å². The van der Waals surface area contributed by atoms with Gasteiger partial charge in [-0.3, -0.25) is 15.0 Å². The van der Waals surface area contributed by atoms with E-state index in [2.05, 4.69) is 30.4 Å². The van der Waals surface area contributed by atoms with Gasteiger partial charge in [0.05, 0.1) is 17.1 Å². The SMILES string of the molecule is Cc1[nH]nc(C(F)(F)F)c1NC(=O)c1cc(-c2ccc(OC(F)F)cc2)n[nH]1. The summed E-state index contributed by atoms with van der Waals surface area (Å²) in [7, 11) is 0. The van der Waals surface area contributed by atoms with Crippen molar-refractivity contribution in [2.45, 2.75) is 19.7 Å². The molecule has 0 aliphatic carbocycles. The van der Waals surface area contributed by atoms with E-state index >= 15 is 0 Å². The molecule has 2 aromatic heterocycles. The summed E-state index contributed by atoms with van der Waals surface area (Å²) in [5, 5.41) is 13.8. The minimum Gasteiger partial charge on any atom is -0.435 e. The van der Waals surface area contributed by atoms with E-state index in [4.69, 9.17) is 0 Å². The van der Waals surface area contributed by atoms with Gasteiger partial charge in [0.1, 0.15) is 11.4 Å². The number of alkyl halides is 5. The Balaban J connectivity index is 1.77. The first-order valence-electron chi connectivity index (χ1n) is 7.69. The summed E-state index contributed by atoms with van der Waals surface area (Å²) >= 11 is 0. The largest absolute Gasteiger partial charge is 0.437 e. The van der Waals surface area contributed by atoms with E-state index in [9.17, 15) is 26.7 Å². The highest BCUT2D eigenvalue weighted by Crippen LogP contribution is 2.34. The number of anilines is 1. The molecule has 28 heavy (non-hydrogen) atoms. The second-order valence-electron chi connectivity index (χ2n) is 5.59. The maximum Gasteiger partial charge on any atom is 0.437 e. The molecule has 3 rings (SSSR count). The van der Waals surface area contributed by atoms with Crippen molar-refractivity contribution in [3.05, 3.63) is 47.4 Å². The van der Waals surface area contributed by atoms with Crippen molar-refractivity contribution in [1.82, 2.24) is 20.4 Å². The van der Waals surface area contributed by atoms with Gasteiger partial charge in [-0.25, -0.2) is 0 Å². The number of aromatic amines is 2. The molecule has 12 heteroatoms. The zero-order valence-corrected chi connectivity index (χ0v) is 14.1. The maximum absolute atomic E-state index is 12.9. The molecule has 1 amide bonds. The number of ether oxygens (including phenoxy) is 1. The molecule has 0 bridgehead atoms. The number of halogens is 5. The predicted octanol–water partition coefficient (Wildman–Crippen LogP) is 3.98. The van der Waals surface area contributed by atoms with Crippen LogP contribution in [0.4, 0.5) is 27.6 Å². The van der Waals surface area contributed by atoms with Gasteiger partial charge >= 0.3 is 12.8 Å². The Kier molecular flexibility index (Phi) is 5.03. The van der Waals surface area contributed by atoms with Gasteiger partial charge in [0.25, 0.3) is 5.91 Å². The van der Waals surface area contributed by atoms with Crippen molar-refractivity contribution in [3.63, 3.8) is 0 Å². The molecule has 3 aromatic rings. The number of hydrogen-bond donors (Lipinski definition) is 3. The third-order valence-electron chi connectivity index (χ3n) is 3.65. The topological polar surface area (TPSA) is 95.7 Å². The lowest BCUT2D eigenvalue weighted by atomic mass is 10.1. The zero-order valence-electron chi connectivity index (χ0n) is 14.1. The number of benzene rings is 1. The summed E-state index contributed by atoms with van der Waals surface area (Å²) in [4.78, 5) is 12.3. The van der Waals surface area contributed by atoms with Crippen LogP contribution in [0.1, 0.15) is 21.9 Å². The first kappa shape index (κ1) is 19.3. The molecule has 2 heterocycles. The normalized spacial score (nSPS) is 11.7. The molecule has 0 fully saturated rings. The van der Waals surface area contributed by atoms with Gasteiger partial charge in [-0.2, -0.15) is 32.1 Å². The molecule has 3 N–H and O–H groups in total. The standard InChI is InChI=1S/C16H12F5N5O2/c1-7-12(13(26-23-7)16(19,20)21)22-14(27)11-6-10(24-25-11)8-2-4-9(5-3-8)28-15(17)18/h2-6,15H,1H3,(H,22,27)(H,23,26)(H,24,25). The first-order chi connectivity index (χ1) is 13.1. The van der Waals surface area contributed by atoms with E-state index in [0.717, 1.165) is 0 Å². The third kappa shape index (κ3) is 4.10. The Bertz CT molecular complexity index is 978. The van der Waals surface area contributed by atoms with Crippen molar-refractivity contribution in [2.75, 3.05) is 5.32 Å². The average Bonchev–Trinajstić information content (AvgIpc) is 3.22. The smallest absolute Gasteiger partial charge is 0.435 e. The van der Waals surface area contributed by atoms with E-state index in [0.29, 0.717) is 5.56 Å². The van der Waals surface area contributed by atoms with E-state index in [-0.39, 0.29) is 22.8 Å². The quantitative estimate of drug-likeness (QED) is 0.564. The fourth-order valence-corrected chi connectivity index (χ4v) is 2.36. The third-order valence-corrected chi connectivity index (χ3v) is 3.65. The fourth-order valence-electron chi connectivity index (χ4n) is 2.36. The lowest BCUT2D eigenvalue weighted by molar-refractivity contribution is -0.140. The van der Waals surface area contributed by atoms with Crippen LogP contribution in [0.15, 0.2) is 30.3 Å². The van der Waals surface area contributed by atoms with E-state index in [1.807, 2.05) is 0 Å². The van der Waals surface area contributed by atoms with Crippen molar-refractivity contribution in [2.24, 2.45) is 0 Å². The van der Waals surface area contributed by atoms with Gasteiger partial charge in [-0.05, 0) is 37.3 Å². The monoisotopic (exact) mass is 401 g/mol. The lowest BCUT2D eigenvalue weighted by Crippen LogP contribution is -2.17. The van der Waals surface area contributed by atoms with Crippen molar-refractivity contribution in [3.8, 4) is 17.0 Å². The molecule has 1 aromatic carbocycles. The molecule has 148 valence electrons. The molecular formula is C16H12F5N5O2. The molecule has 0 atom stereocenters. The summed E-state index contributed by atoms with van der Waals surface area (Å²) in [5.74, 6) is -0.909. The number of carbonyl (C=O) groups excluding carboxylic acids is 1. The minimum absolute atomic E-state index is 0.0371. The predicted molar refractivity (Wildman–Crippen MR) is 86.9 cm³/mol. The van der Waals surface area contributed by atoms with Crippen LogP contribution >= 0.6 is 0 Å². The molecule has 0 unspecified atom stereocenters. The van der Waals surface area contributed by atoms with Gasteiger partial charge in [0, 0.05) is 5.56 Å². The molecule has 0 spiro atoms. The van der Waals surface area contributed by atoms with Gasteiger partial charge < -0.3 is 10.1 Å². The number of amides is 1.